The molecule has 104 valence electrons. The smallest absolute Gasteiger partial charge is 0.283 e. The topological polar surface area (TPSA) is 59.0 Å². The van der Waals surface area contributed by atoms with Gasteiger partial charge in [-0.15, -0.1) is 11.3 Å². The Morgan fingerprint density at radius 3 is 3.10 bits per heavy atom. The first kappa shape index (κ1) is 12.4. The predicted molar refractivity (Wildman–Crippen MR) is 80.1 cm³/mol. The molecule has 1 aromatic carbocycles. The minimum Gasteiger partial charge on any atom is -0.332 e. The first-order valence-corrected chi connectivity index (χ1v) is 7.55. The molecule has 2 aromatic heterocycles. The van der Waals surface area contributed by atoms with E-state index in [1.807, 2.05) is 29.2 Å². The van der Waals surface area contributed by atoms with Gasteiger partial charge >= 0.3 is 0 Å². The Morgan fingerprint density at radius 2 is 2.19 bits per heavy atom. The van der Waals surface area contributed by atoms with Crippen molar-refractivity contribution < 1.29 is 4.79 Å². The highest BCUT2D eigenvalue weighted by Gasteiger charge is 2.24. The summed E-state index contributed by atoms with van der Waals surface area (Å²) in [5.74, 6) is -0.00861. The molecule has 0 radical (unpaired) electrons. The second-order valence-corrected chi connectivity index (χ2v) is 5.99. The van der Waals surface area contributed by atoms with Crippen molar-refractivity contribution in [2.45, 2.75) is 13.0 Å². The average Bonchev–Trinajstić information content (AvgIpc) is 2.97. The zero-order valence-corrected chi connectivity index (χ0v) is 12.0. The molecular formula is C15H12N4OS. The number of nitrogens with zero attached hydrogens (tertiary/aromatic N) is 4. The van der Waals surface area contributed by atoms with Gasteiger partial charge in [0, 0.05) is 31.3 Å². The summed E-state index contributed by atoms with van der Waals surface area (Å²) in [6.45, 7) is 1.24. The number of aromatic nitrogens is 3. The first-order chi connectivity index (χ1) is 10.3. The molecule has 0 saturated heterocycles. The van der Waals surface area contributed by atoms with Crippen LogP contribution in [-0.4, -0.2) is 32.3 Å². The average molecular weight is 296 g/mol. The number of benzene rings is 1. The maximum absolute atomic E-state index is 12.6. The molecule has 1 amide bonds. The molecule has 0 unspecified atom stereocenters. The molecule has 6 heteroatoms. The minimum atomic E-state index is -0.00861. The van der Waals surface area contributed by atoms with Crippen molar-refractivity contribution in [1.82, 2.24) is 19.9 Å². The number of rotatable bonds is 1. The lowest BCUT2D eigenvalue weighted by Crippen LogP contribution is -2.36. The molecular weight excluding hydrogens is 284 g/mol. The minimum absolute atomic E-state index is 0.00861. The number of para-hydroxylation sites is 1. The number of carbonyl (C=O) groups excluding carboxylic acids is 1. The van der Waals surface area contributed by atoms with Crippen LogP contribution in [0.5, 0.6) is 0 Å². The van der Waals surface area contributed by atoms with Crippen molar-refractivity contribution in [2.24, 2.45) is 0 Å². The SMILES string of the molecule is O=C(c1nc2ccccc2s1)N1CCc2ncncc2C1. The number of carbonyl (C=O) groups is 1. The van der Waals surface area contributed by atoms with Gasteiger partial charge in [0.2, 0.25) is 0 Å². The van der Waals surface area contributed by atoms with E-state index in [1.54, 1.807) is 12.5 Å². The standard InChI is InChI=1S/C15H12N4OS/c20-15(14-18-12-3-1-2-4-13(12)21-14)19-6-5-11-10(8-19)7-16-9-17-11/h1-4,7,9H,5-6,8H2. The van der Waals surface area contributed by atoms with Gasteiger partial charge < -0.3 is 4.90 Å². The van der Waals surface area contributed by atoms with Gasteiger partial charge in [-0.3, -0.25) is 4.79 Å². The van der Waals surface area contributed by atoms with Crippen molar-refractivity contribution >= 4 is 27.5 Å². The van der Waals surface area contributed by atoms with E-state index >= 15 is 0 Å². The lowest BCUT2D eigenvalue weighted by Gasteiger charge is -2.26. The van der Waals surface area contributed by atoms with Crippen molar-refractivity contribution in [2.75, 3.05) is 6.54 Å². The maximum Gasteiger partial charge on any atom is 0.283 e. The van der Waals surface area contributed by atoms with Gasteiger partial charge in [0.05, 0.1) is 15.9 Å². The Balaban J connectivity index is 1.63. The van der Waals surface area contributed by atoms with Crippen molar-refractivity contribution in [1.29, 1.82) is 0 Å². The third kappa shape index (κ3) is 2.17. The van der Waals surface area contributed by atoms with Crippen LogP contribution in [0.1, 0.15) is 21.1 Å². The Hall–Kier alpha value is -2.34. The van der Waals surface area contributed by atoms with Crippen LogP contribution in [-0.2, 0) is 13.0 Å². The van der Waals surface area contributed by atoms with Gasteiger partial charge in [-0.1, -0.05) is 12.1 Å². The first-order valence-electron chi connectivity index (χ1n) is 6.74. The fourth-order valence-corrected chi connectivity index (χ4v) is 3.47. The van der Waals surface area contributed by atoms with Crippen LogP contribution >= 0.6 is 11.3 Å². The molecule has 4 rings (SSSR count). The zero-order valence-electron chi connectivity index (χ0n) is 11.2. The summed E-state index contributed by atoms with van der Waals surface area (Å²) in [4.78, 5) is 27.2. The summed E-state index contributed by atoms with van der Waals surface area (Å²) in [7, 11) is 0. The zero-order chi connectivity index (χ0) is 14.2. The van der Waals surface area contributed by atoms with Crippen LogP contribution in [0.2, 0.25) is 0 Å². The second-order valence-electron chi connectivity index (χ2n) is 4.96. The van der Waals surface area contributed by atoms with E-state index in [9.17, 15) is 4.79 Å². The largest absolute Gasteiger partial charge is 0.332 e. The van der Waals surface area contributed by atoms with Crippen molar-refractivity contribution in [3.05, 3.63) is 53.1 Å². The van der Waals surface area contributed by atoms with Gasteiger partial charge in [0.1, 0.15) is 6.33 Å². The molecule has 5 nitrogen and oxygen atoms in total. The highest BCUT2D eigenvalue weighted by Crippen LogP contribution is 2.24. The Bertz CT molecular complexity index is 796. The van der Waals surface area contributed by atoms with E-state index in [4.69, 9.17) is 0 Å². The summed E-state index contributed by atoms with van der Waals surface area (Å²) < 4.78 is 1.04. The molecule has 0 saturated carbocycles. The number of hydrogen-bond donors (Lipinski definition) is 0. The fourth-order valence-electron chi connectivity index (χ4n) is 2.54. The lowest BCUT2D eigenvalue weighted by molar-refractivity contribution is 0.0733. The highest BCUT2D eigenvalue weighted by molar-refractivity contribution is 7.20. The molecule has 0 N–H and O–H groups in total. The van der Waals surface area contributed by atoms with Gasteiger partial charge in [-0.2, -0.15) is 0 Å². The monoisotopic (exact) mass is 296 g/mol. The highest BCUT2D eigenvalue weighted by atomic mass is 32.1. The van der Waals surface area contributed by atoms with Crippen molar-refractivity contribution in [3.8, 4) is 0 Å². The maximum atomic E-state index is 12.6. The molecule has 21 heavy (non-hydrogen) atoms. The van der Waals surface area contributed by atoms with Gasteiger partial charge in [-0.05, 0) is 12.1 Å². The Kier molecular flexibility index (Phi) is 2.89. The van der Waals surface area contributed by atoms with E-state index in [2.05, 4.69) is 15.0 Å². The van der Waals surface area contributed by atoms with E-state index in [0.717, 1.165) is 27.9 Å². The van der Waals surface area contributed by atoms with Crippen molar-refractivity contribution in [3.63, 3.8) is 0 Å². The normalized spacial score (nSPS) is 14.2. The predicted octanol–water partition coefficient (Wildman–Crippen LogP) is 2.28. The quantitative estimate of drug-likeness (QED) is 0.691. The van der Waals surface area contributed by atoms with Crippen LogP contribution in [0.15, 0.2) is 36.8 Å². The van der Waals surface area contributed by atoms with E-state index in [1.165, 1.54) is 11.3 Å². The number of hydrogen-bond acceptors (Lipinski definition) is 5. The van der Waals surface area contributed by atoms with Crippen LogP contribution in [0, 0.1) is 0 Å². The van der Waals surface area contributed by atoms with E-state index in [-0.39, 0.29) is 5.91 Å². The molecule has 0 spiro atoms. The molecule has 0 bridgehead atoms. The number of fused-ring (bicyclic) bond motifs is 2. The summed E-state index contributed by atoms with van der Waals surface area (Å²) >= 11 is 1.45. The molecule has 3 aromatic rings. The third-order valence-electron chi connectivity index (χ3n) is 3.63. The van der Waals surface area contributed by atoms with Gasteiger partial charge in [-0.25, -0.2) is 15.0 Å². The fraction of sp³-hybridized carbons (Fsp3) is 0.200. The van der Waals surface area contributed by atoms with E-state index in [0.29, 0.717) is 18.1 Å². The summed E-state index contributed by atoms with van der Waals surface area (Å²) in [5.41, 5.74) is 2.95. The van der Waals surface area contributed by atoms with E-state index < -0.39 is 0 Å². The van der Waals surface area contributed by atoms with Crippen LogP contribution in [0.3, 0.4) is 0 Å². The lowest BCUT2D eigenvalue weighted by atomic mass is 10.1. The number of thiazole rings is 1. The van der Waals surface area contributed by atoms with Crippen LogP contribution in [0.4, 0.5) is 0 Å². The molecule has 1 aliphatic rings. The molecule has 1 aliphatic heterocycles. The second kappa shape index (κ2) is 4.89. The Morgan fingerprint density at radius 1 is 1.29 bits per heavy atom. The summed E-state index contributed by atoms with van der Waals surface area (Å²) in [6, 6.07) is 7.82. The summed E-state index contributed by atoms with van der Waals surface area (Å²) in [5, 5.41) is 0.552. The van der Waals surface area contributed by atoms with Gasteiger partial charge in [0.25, 0.3) is 5.91 Å². The number of amides is 1. The molecule has 0 aliphatic carbocycles. The van der Waals surface area contributed by atoms with Gasteiger partial charge in [0.15, 0.2) is 5.01 Å². The third-order valence-corrected chi connectivity index (χ3v) is 4.65. The molecule has 0 fully saturated rings. The van der Waals surface area contributed by atoms with Crippen LogP contribution in [0.25, 0.3) is 10.2 Å². The van der Waals surface area contributed by atoms with Crippen LogP contribution < -0.4 is 0 Å². The molecule has 3 heterocycles. The Labute approximate surface area is 125 Å². The molecule has 0 atom stereocenters. The summed E-state index contributed by atoms with van der Waals surface area (Å²) in [6.07, 6.45) is 4.12.